The molecule has 0 aromatic heterocycles. The molecule has 0 bridgehead atoms. The van der Waals surface area contributed by atoms with Gasteiger partial charge in [-0.3, -0.25) is 10.1 Å². The van der Waals surface area contributed by atoms with Crippen LogP contribution in [0.25, 0.3) is 0 Å². The zero-order chi connectivity index (χ0) is 12.1. The fourth-order valence-corrected chi connectivity index (χ4v) is 1.16. The lowest BCUT2D eigenvalue weighted by Crippen LogP contribution is -1.95. The Morgan fingerprint density at radius 3 is 2.69 bits per heavy atom. The molecule has 0 radical (unpaired) electrons. The number of nitro groups is 1. The lowest BCUT2D eigenvalue weighted by atomic mass is 10.1. The summed E-state index contributed by atoms with van der Waals surface area (Å²) in [4.78, 5) is 10.0. The standard InChI is InChI=1S/C12H14N2O2/c1-9(2)4-3-5-10-6-7-12(14(15)16)11(13)8-10/h6-9H,4,13H2,1-2H3. The maximum absolute atomic E-state index is 10.5. The van der Waals surface area contributed by atoms with Gasteiger partial charge in [-0.25, -0.2) is 0 Å². The van der Waals surface area contributed by atoms with E-state index in [4.69, 9.17) is 5.73 Å². The van der Waals surface area contributed by atoms with Crippen LogP contribution in [0, 0.1) is 27.9 Å². The maximum Gasteiger partial charge on any atom is 0.292 e. The monoisotopic (exact) mass is 218 g/mol. The number of nitrogens with zero attached hydrogens (tertiary/aromatic N) is 1. The Labute approximate surface area is 94.6 Å². The van der Waals surface area contributed by atoms with Gasteiger partial charge in [0.1, 0.15) is 5.69 Å². The van der Waals surface area contributed by atoms with Crippen LogP contribution < -0.4 is 5.73 Å². The van der Waals surface area contributed by atoms with Gasteiger partial charge in [0.2, 0.25) is 0 Å². The van der Waals surface area contributed by atoms with Gasteiger partial charge >= 0.3 is 0 Å². The van der Waals surface area contributed by atoms with E-state index in [1.807, 2.05) is 0 Å². The van der Waals surface area contributed by atoms with Gasteiger partial charge in [0.25, 0.3) is 5.69 Å². The third-order valence-electron chi connectivity index (χ3n) is 1.97. The van der Waals surface area contributed by atoms with Crippen LogP contribution >= 0.6 is 0 Å². The van der Waals surface area contributed by atoms with Crippen molar-refractivity contribution in [1.29, 1.82) is 0 Å². The number of hydrogen-bond acceptors (Lipinski definition) is 3. The zero-order valence-electron chi connectivity index (χ0n) is 9.36. The first-order valence-electron chi connectivity index (χ1n) is 5.03. The molecule has 1 aromatic carbocycles. The van der Waals surface area contributed by atoms with E-state index >= 15 is 0 Å². The molecule has 0 amide bonds. The number of anilines is 1. The van der Waals surface area contributed by atoms with Gasteiger partial charge in [0.05, 0.1) is 4.92 Å². The summed E-state index contributed by atoms with van der Waals surface area (Å²) in [5, 5.41) is 10.5. The molecule has 1 rings (SSSR count). The topological polar surface area (TPSA) is 69.2 Å². The molecule has 0 fully saturated rings. The van der Waals surface area contributed by atoms with Crippen LogP contribution in [0.5, 0.6) is 0 Å². The summed E-state index contributed by atoms with van der Waals surface area (Å²) in [5.41, 5.74) is 6.34. The molecule has 0 saturated carbocycles. The molecule has 0 spiro atoms. The molecule has 0 aliphatic rings. The van der Waals surface area contributed by atoms with Gasteiger partial charge in [-0.15, -0.1) is 0 Å². The third-order valence-corrected chi connectivity index (χ3v) is 1.97. The minimum atomic E-state index is -0.499. The van der Waals surface area contributed by atoms with Gasteiger partial charge in [0, 0.05) is 18.1 Å². The minimum absolute atomic E-state index is 0.0746. The van der Waals surface area contributed by atoms with E-state index in [-0.39, 0.29) is 11.4 Å². The SMILES string of the molecule is CC(C)CC#Cc1ccc([N+](=O)[O-])c(N)c1. The predicted molar refractivity (Wildman–Crippen MR) is 63.8 cm³/mol. The van der Waals surface area contributed by atoms with E-state index in [0.717, 1.165) is 6.42 Å². The van der Waals surface area contributed by atoms with E-state index in [9.17, 15) is 10.1 Å². The molecule has 0 saturated heterocycles. The van der Waals surface area contributed by atoms with Crippen LogP contribution in [0.15, 0.2) is 18.2 Å². The number of benzene rings is 1. The maximum atomic E-state index is 10.5. The van der Waals surface area contributed by atoms with Crippen LogP contribution in [0.3, 0.4) is 0 Å². The second kappa shape index (κ2) is 5.17. The van der Waals surface area contributed by atoms with E-state index < -0.39 is 4.92 Å². The second-order valence-corrected chi connectivity index (χ2v) is 3.93. The van der Waals surface area contributed by atoms with Crippen molar-refractivity contribution in [3.63, 3.8) is 0 Å². The van der Waals surface area contributed by atoms with E-state index in [1.54, 1.807) is 6.07 Å². The van der Waals surface area contributed by atoms with Crippen molar-refractivity contribution in [2.75, 3.05) is 5.73 Å². The minimum Gasteiger partial charge on any atom is -0.393 e. The lowest BCUT2D eigenvalue weighted by molar-refractivity contribution is -0.383. The molecule has 4 nitrogen and oxygen atoms in total. The van der Waals surface area contributed by atoms with Crippen molar-refractivity contribution in [3.8, 4) is 11.8 Å². The fraction of sp³-hybridized carbons (Fsp3) is 0.333. The highest BCUT2D eigenvalue weighted by molar-refractivity contribution is 5.61. The Balaban J connectivity index is 2.88. The molecule has 0 heterocycles. The summed E-state index contributed by atoms with van der Waals surface area (Å²) in [6, 6.07) is 4.53. The van der Waals surface area contributed by atoms with E-state index in [1.165, 1.54) is 12.1 Å². The van der Waals surface area contributed by atoms with E-state index in [0.29, 0.717) is 11.5 Å². The molecule has 0 unspecified atom stereocenters. The first-order valence-corrected chi connectivity index (χ1v) is 5.03. The Morgan fingerprint density at radius 2 is 2.19 bits per heavy atom. The van der Waals surface area contributed by atoms with Crippen molar-refractivity contribution in [1.82, 2.24) is 0 Å². The summed E-state index contributed by atoms with van der Waals surface area (Å²) >= 11 is 0. The first kappa shape index (κ1) is 12.1. The van der Waals surface area contributed by atoms with Crippen molar-refractivity contribution >= 4 is 11.4 Å². The fourth-order valence-electron chi connectivity index (χ4n) is 1.16. The highest BCUT2D eigenvalue weighted by atomic mass is 16.6. The normalized spacial score (nSPS) is 9.69. The van der Waals surface area contributed by atoms with Gasteiger partial charge in [-0.05, 0) is 18.1 Å². The Bertz CT molecular complexity index is 456. The number of hydrogen-bond donors (Lipinski definition) is 1. The molecule has 16 heavy (non-hydrogen) atoms. The Morgan fingerprint density at radius 1 is 1.50 bits per heavy atom. The number of nitro benzene ring substituents is 1. The summed E-state index contributed by atoms with van der Waals surface area (Å²) in [6.07, 6.45) is 0.802. The molecule has 1 aromatic rings. The van der Waals surface area contributed by atoms with Gasteiger partial charge in [-0.2, -0.15) is 0 Å². The highest BCUT2D eigenvalue weighted by Crippen LogP contribution is 2.21. The second-order valence-electron chi connectivity index (χ2n) is 3.93. The lowest BCUT2D eigenvalue weighted by Gasteiger charge is -1.97. The highest BCUT2D eigenvalue weighted by Gasteiger charge is 2.09. The quantitative estimate of drug-likeness (QED) is 0.359. The summed E-state index contributed by atoms with van der Waals surface area (Å²) in [6.45, 7) is 4.16. The Kier molecular flexibility index (Phi) is 3.90. The van der Waals surface area contributed by atoms with Crippen LogP contribution in [0.4, 0.5) is 11.4 Å². The number of nitrogens with two attached hydrogens (primary N) is 1. The Hall–Kier alpha value is -2.02. The summed E-state index contributed by atoms with van der Waals surface area (Å²) in [7, 11) is 0. The number of rotatable bonds is 2. The largest absolute Gasteiger partial charge is 0.393 e. The predicted octanol–water partition coefficient (Wildman–Crippen LogP) is 2.57. The summed E-state index contributed by atoms with van der Waals surface area (Å²) in [5.74, 6) is 6.45. The average Bonchev–Trinajstić information content (AvgIpc) is 2.16. The molecule has 2 N–H and O–H groups in total. The number of nitrogen functional groups attached to an aromatic ring is 1. The van der Waals surface area contributed by atoms with Gasteiger partial charge in [-0.1, -0.05) is 25.7 Å². The van der Waals surface area contributed by atoms with Gasteiger partial charge < -0.3 is 5.73 Å². The molecule has 0 aliphatic carbocycles. The van der Waals surface area contributed by atoms with Crippen molar-refractivity contribution in [3.05, 3.63) is 33.9 Å². The molecule has 0 atom stereocenters. The molecule has 84 valence electrons. The molecule has 0 aliphatic heterocycles. The molecular formula is C12H14N2O2. The van der Waals surface area contributed by atoms with Gasteiger partial charge in [0.15, 0.2) is 0 Å². The van der Waals surface area contributed by atoms with Crippen molar-refractivity contribution in [2.45, 2.75) is 20.3 Å². The van der Waals surface area contributed by atoms with Crippen LogP contribution in [0.1, 0.15) is 25.8 Å². The first-order chi connectivity index (χ1) is 7.50. The zero-order valence-corrected chi connectivity index (χ0v) is 9.36. The third kappa shape index (κ3) is 3.28. The molecule has 4 heteroatoms. The van der Waals surface area contributed by atoms with Crippen LogP contribution in [-0.4, -0.2) is 4.92 Å². The average molecular weight is 218 g/mol. The van der Waals surface area contributed by atoms with Crippen molar-refractivity contribution in [2.24, 2.45) is 5.92 Å². The summed E-state index contributed by atoms with van der Waals surface area (Å²) < 4.78 is 0. The van der Waals surface area contributed by atoms with E-state index in [2.05, 4.69) is 25.7 Å². The molecular weight excluding hydrogens is 204 g/mol. The van der Waals surface area contributed by atoms with Crippen LogP contribution in [0.2, 0.25) is 0 Å². The smallest absolute Gasteiger partial charge is 0.292 e. The van der Waals surface area contributed by atoms with Crippen LogP contribution in [-0.2, 0) is 0 Å². The van der Waals surface area contributed by atoms with Crippen molar-refractivity contribution < 1.29 is 4.92 Å².